The fraction of sp³-hybridized carbons (Fsp3) is 0. The molecule has 0 aromatic rings. The van der Waals surface area contributed by atoms with Crippen molar-refractivity contribution in [1.82, 2.24) is 0 Å². The molecule has 0 fully saturated rings. The number of hydrogen-bond acceptors (Lipinski definition) is 0. The molecule has 4 heavy (non-hydrogen) atoms. The Morgan fingerprint density at radius 3 is 0.500 bits per heavy atom. The van der Waals surface area contributed by atoms with Gasteiger partial charge in [-0.15, -0.1) is 0 Å². The van der Waals surface area contributed by atoms with Crippen LogP contribution in [0.3, 0.4) is 0 Å². The van der Waals surface area contributed by atoms with E-state index in [1.165, 1.54) is 0 Å². The third-order valence-corrected chi connectivity index (χ3v) is 0. The van der Waals surface area contributed by atoms with Gasteiger partial charge in [0, 0.05) is 91.5 Å². The summed E-state index contributed by atoms with van der Waals surface area (Å²) in [5.41, 5.74) is 0. The summed E-state index contributed by atoms with van der Waals surface area (Å²) in [5, 5.41) is 0. The quantitative estimate of drug-likeness (QED) is 0.414. The molecule has 0 aromatic heterocycles. The van der Waals surface area contributed by atoms with Crippen molar-refractivity contribution in [2.75, 3.05) is 0 Å². The molecule has 0 spiro atoms. The molecule has 0 N–H and O–H groups in total. The van der Waals surface area contributed by atoms with Gasteiger partial charge in [-0.1, -0.05) is 0 Å². The molecule has 17 valence electrons. The van der Waals surface area contributed by atoms with Crippen LogP contribution in [0.1, 0.15) is 0 Å². The minimum atomic E-state index is 0. The van der Waals surface area contributed by atoms with Crippen LogP contribution in [-0.4, -0.2) is 69.2 Å². The van der Waals surface area contributed by atoms with E-state index in [2.05, 4.69) is 0 Å². The van der Waals surface area contributed by atoms with E-state index >= 15 is 0 Å². The van der Waals surface area contributed by atoms with E-state index in [-0.39, 0.29) is 91.5 Å². The molecule has 0 aliphatic rings. The summed E-state index contributed by atoms with van der Waals surface area (Å²) in [6, 6.07) is 0. The van der Waals surface area contributed by atoms with Crippen molar-refractivity contribution >= 4 is 69.2 Å². The van der Waals surface area contributed by atoms with Gasteiger partial charge in [-0.3, -0.25) is 0 Å². The van der Waals surface area contributed by atoms with E-state index in [1.54, 1.807) is 0 Å². The van der Waals surface area contributed by atoms with Gasteiger partial charge in [-0.25, -0.2) is 0 Å². The van der Waals surface area contributed by atoms with Crippen LogP contribution < -0.4 is 0 Å². The predicted molar refractivity (Wildman–Crippen MR) is 17.3 cm³/mol. The fourth-order valence-corrected chi connectivity index (χ4v) is 0. The Hall–Kier alpha value is 3.04. The molecule has 0 aromatic carbocycles. The standard InChI is InChI=1S/Ag.3Mg. The first-order chi connectivity index (χ1) is 0. The Balaban J connectivity index is 0. The Bertz CT molecular complexity index is 3.25. The zero-order valence-corrected chi connectivity index (χ0v) is 8.15. The first-order valence-corrected chi connectivity index (χ1v) is 0. The molecule has 0 nitrogen and oxygen atoms in total. The fourth-order valence-electron chi connectivity index (χ4n) is 0. The molecule has 0 aliphatic carbocycles. The van der Waals surface area contributed by atoms with Gasteiger partial charge >= 0.3 is 0 Å². The molecule has 0 saturated heterocycles. The topological polar surface area (TPSA) is 0 Å². The van der Waals surface area contributed by atoms with E-state index in [0.29, 0.717) is 0 Å². The smallest absolute Gasteiger partial charge is 0 e. The van der Waals surface area contributed by atoms with Crippen LogP contribution >= 0.6 is 0 Å². The van der Waals surface area contributed by atoms with Crippen molar-refractivity contribution in [2.45, 2.75) is 0 Å². The molecule has 0 atom stereocenters. The maximum atomic E-state index is 0. The summed E-state index contributed by atoms with van der Waals surface area (Å²) in [6.45, 7) is 0. The second-order valence-corrected chi connectivity index (χ2v) is 0. The number of hydrogen-bond donors (Lipinski definition) is 0. The SMILES string of the molecule is [Ag].[Mg].[Mg].[Mg]. The molecule has 7 radical (unpaired) electrons. The summed E-state index contributed by atoms with van der Waals surface area (Å²) in [6.07, 6.45) is 0. The van der Waals surface area contributed by atoms with Gasteiger partial charge in [0.1, 0.15) is 0 Å². The van der Waals surface area contributed by atoms with E-state index in [0.717, 1.165) is 0 Å². The molecule has 0 bridgehead atoms. The van der Waals surface area contributed by atoms with Crippen molar-refractivity contribution in [3.63, 3.8) is 0 Å². The van der Waals surface area contributed by atoms with Gasteiger partial charge in [-0.2, -0.15) is 0 Å². The van der Waals surface area contributed by atoms with E-state index < -0.39 is 0 Å². The van der Waals surface area contributed by atoms with Crippen molar-refractivity contribution < 1.29 is 22.4 Å². The summed E-state index contributed by atoms with van der Waals surface area (Å²) in [4.78, 5) is 0. The van der Waals surface area contributed by atoms with E-state index in [4.69, 9.17) is 0 Å². The van der Waals surface area contributed by atoms with Crippen LogP contribution in [0.25, 0.3) is 0 Å². The Morgan fingerprint density at radius 2 is 0.500 bits per heavy atom. The Kier molecular flexibility index (Phi) is 115. The van der Waals surface area contributed by atoms with Crippen molar-refractivity contribution in [3.05, 3.63) is 0 Å². The van der Waals surface area contributed by atoms with Crippen LogP contribution in [0.4, 0.5) is 0 Å². The number of rotatable bonds is 0. The van der Waals surface area contributed by atoms with Gasteiger partial charge < -0.3 is 0 Å². The molecular weight excluding hydrogens is 181 g/mol. The predicted octanol–water partition coefficient (Wildman–Crippen LogP) is -1.14. The molecule has 0 heterocycles. The minimum Gasteiger partial charge on any atom is 0 e. The molecule has 0 saturated carbocycles. The van der Waals surface area contributed by atoms with Gasteiger partial charge in [0.2, 0.25) is 0 Å². The molecule has 0 aliphatic heterocycles. The maximum absolute atomic E-state index is 0. The monoisotopic (exact) mass is 179 g/mol. The average Bonchev–Trinajstić information content (AvgIpc) is 0. The molecule has 0 rings (SSSR count). The summed E-state index contributed by atoms with van der Waals surface area (Å²) >= 11 is 0. The third kappa shape index (κ3) is 8.90. The Morgan fingerprint density at radius 1 is 0.500 bits per heavy atom. The second-order valence-electron chi connectivity index (χ2n) is 0. The van der Waals surface area contributed by atoms with Gasteiger partial charge in [0.15, 0.2) is 0 Å². The van der Waals surface area contributed by atoms with Crippen LogP contribution in [0.15, 0.2) is 0 Å². The van der Waals surface area contributed by atoms with Crippen LogP contribution in [0, 0.1) is 0 Å². The molecule has 4 heteroatoms. The summed E-state index contributed by atoms with van der Waals surface area (Å²) in [7, 11) is 0. The third-order valence-electron chi connectivity index (χ3n) is 0. The molecule has 0 amide bonds. The largest absolute Gasteiger partial charge is 0 e. The van der Waals surface area contributed by atoms with Crippen molar-refractivity contribution in [1.29, 1.82) is 0 Å². The normalized spacial score (nSPS) is 0. The maximum Gasteiger partial charge on any atom is 0 e. The van der Waals surface area contributed by atoms with E-state index in [1.807, 2.05) is 0 Å². The Labute approximate surface area is 89.8 Å². The summed E-state index contributed by atoms with van der Waals surface area (Å²) in [5.74, 6) is 0. The summed E-state index contributed by atoms with van der Waals surface area (Å²) < 4.78 is 0. The molecular formula is AgMg3. The van der Waals surface area contributed by atoms with Gasteiger partial charge in [0.05, 0.1) is 0 Å². The van der Waals surface area contributed by atoms with Crippen LogP contribution in [0.5, 0.6) is 0 Å². The van der Waals surface area contributed by atoms with Gasteiger partial charge in [-0.05, 0) is 0 Å². The first kappa shape index (κ1) is 27.8. The second kappa shape index (κ2) is 16.6. The zero-order chi connectivity index (χ0) is 0. The van der Waals surface area contributed by atoms with Crippen molar-refractivity contribution in [2.24, 2.45) is 0 Å². The average molecular weight is 181 g/mol. The van der Waals surface area contributed by atoms with Crippen LogP contribution in [0.2, 0.25) is 0 Å². The zero-order valence-electron chi connectivity index (χ0n) is 2.42. The first-order valence-electron chi connectivity index (χ1n) is 0. The molecule has 0 unspecified atom stereocenters. The van der Waals surface area contributed by atoms with Gasteiger partial charge in [0.25, 0.3) is 0 Å². The van der Waals surface area contributed by atoms with E-state index in [9.17, 15) is 0 Å². The minimum absolute atomic E-state index is 0. The van der Waals surface area contributed by atoms with Crippen molar-refractivity contribution in [3.8, 4) is 0 Å². The van der Waals surface area contributed by atoms with Crippen LogP contribution in [-0.2, 0) is 22.4 Å².